The molecule has 0 radical (unpaired) electrons. The van der Waals surface area contributed by atoms with E-state index in [4.69, 9.17) is 16.3 Å². The van der Waals surface area contributed by atoms with Gasteiger partial charge in [-0.1, -0.05) is 15.9 Å². The van der Waals surface area contributed by atoms with Gasteiger partial charge in [0, 0.05) is 22.3 Å². The average molecular weight is 345 g/mol. The van der Waals surface area contributed by atoms with E-state index in [9.17, 15) is 10.1 Å². The summed E-state index contributed by atoms with van der Waals surface area (Å²) in [6.45, 7) is 1.72. The number of nitro benzene ring substituents is 1. The zero-order valence-electron chi connectivity index (χ0n) is 9.63. The number of rotatable bonds is 3. The molecule has 0 aliphatic rings. The van der Waals surface area contributed by atoms with Crippen molar-refractivity contribution < 1.29 is 9.66 Å². The van der Waals surface area contributed by atoms with Crippen molar-refractivity contribution >= 4 is 33.2 Å². The summed E-state index contributed by atoms with van der Waals surface area (Å²) in [6, 6.07) is 4.48. The second-order valence-corrected chi connectivity index (χ2v) is 4.85. The third-order valence-electron chi connectivity index (χ3n) is 2.22. The predicted molar refractivity (Wildman–Crippen MR) is 72.6 cm³/mol. The maximum absolute atomic E-state index is 11.0. The van der Waals surface area contributed by atoms with Crippen LogP contribution in [0.5, 0.6) is 11.6 Å². The van der Waals surface area contributed by atoms with Gasteiger partial charge in [-0.05, 0) is 30.7 Å². The first kappa shape index (κ1) is 13.7. The van der Waals surface area contributed by atoms with E-state index in [-0.39, 0.29) is 22.6 Å². The molecule has 0 spiro atoms. The maximum Gasteiger partial charge on any atom is 0.312 e. The highest BCUT2D eigenvalue weighted by Crippen LogP contribution is 2.34. The minimum atomic E-state index is -0.530. The molecule has 8 heteroatoms. The molecule has 0 aliphatic carbocycles. The Kier molecular flexibility index (Phi) is 3.96. The van der Waals surface area contributed by atoms with E-state index in [2.05, 4.69) is 25.9 Å². The van der Waals surface area contributed by atoms with E-state index in [0.29, 0.717) is 10.0 Å². The van der Waals surface area contributed by atoms with Crippen LogP contribution in [0.3, 0.4) is 0 Å². The molecule has 1 aromatic heterocycles. The SMILES string of the molecule is Cc1cnc(Cl)nc1Oc1ccc(Br)cc1[N+](=O)[O-]. The van der Waals surface area contributed by atoms with Crippen LogP contribution in [0.25, 0.3) is 0 Å². The number of hydrogen-bond donors (Lipinski definition) is 0. The van der Waals surface area contributed by atoms with Crippen molar-refractivity contribution in [2.24, 2.45) is 0 Å². The summed E-state index contributed by atoms with van der Waals surface area (Å²) >= 11 is 8.84. The summed E-state index contributed by atoms with van der Waals surface area (Å²) < 4.78 is 6.03. The summed E-state index contributed by atoms with van der Waals surface area (Å²) in [5, 5.41) is 11.0. The van der Waals surface area contributed by atoms with Crippen LogP contribution >= 0.6 is 27.5 Å². The Morgan fingerprint density at radius 3 is 2.89 bits per heavy atom. The van der Waals surface area contributed by atoms with Gasteiger partial charge in [-0.3, -0.25) is 10.1 Å². The molecule has 0 saturated heterocycles. The third-order valence-corrected chi connectivity index (χ3v) is 2.90. The fraction of sp³-hybridized carbons (Fsp3) is 0.0909. The smallest absolute Gasteiger partial charge is 0.312 e. The Balaban J connectivity index is 2.43. The van der Waals surface area contributed by atoms with Gasteiger partial charge in [-0.15, -0.1) is 0 Å². The minimum Gasteiger partial charge on any atom is -0.431 e. The molecule has 19 heavy (non-hydrogen) atoms. The summed E-state index contributed by atoms with van der Waals surface area (Å²) in [6.07, 6.45) is 1.48. The van der Waals surface area contributed by atoms with Gasteiger partial charge >= 0.3 is 5.69 Å². The van der Waals surface area contributed by atoms with Crippen molar-refractivity contribution in [1.82, 2.24) is 9.97 Å². The number of ether oxygens (including phenoxy) is 1. The van der Waals surface area contributed by atoms with E-state index in [0.717, 1.165) is 0 Å². The monoisotopic (exact) mass is 343 g/mol. The van der Waals surface area contributed by atoms with Crippen molar-refractivity contribution in [3.05, 3.63) is 49.8 Å². The van der Waals surface area contributed by atoms with Crippen LogP contribution in [-0.4, -0.2) is 14.9 Å². The summed E-state index contributed by atoms with van der Waals surface area (Å²) in [5.74, 6) is 0.275. The average Bonchev–Trinajstić information content (AvgIpc) is 2.35. The Hall–Kier alpha value is -1.73. The van der Waals surface area contributed by atoms with Gasteiger partial charge in [0.05, 0.1) is 4.92 Å². The highest BCUT2D eigenvalue weighted by molar-refractivity contribution is 9.10. The largest absolute Gasteiger partial charge is 0.431 e. The molecule has 0 bridgehead atoms. The molecule has 2 aromatic rings. The van der Waals surface area contributed by atoms with Gasteiger partial charge in [0.25, 0.3) is 0 Å². The number of nitro groups is 1. The molecular formula is C11H7BrClN3O3. The van der Waals surface area contributed by atoms with Crippen LogP contribution < -0.4 is 4.74 Å². The maximum atomic E-state index is 11.0. The first-order valence-electron chi connectivity index (χ1n) is 5.08. The number of hydrogen-bond acceptors (Lipinski definition) is 5. The van der Waals surface area contributed by atoms with Crippen molar-refractivity contribution in [1.29, 1.82) is 0 Å². The lowest BCUT2D eigenvalue weighted by atomic mass is 10.3. The molecule has 6 nitrogen and oxygen atoms in total. The molecule has 0 N–H and O–H groups in total. The molecule has 2 rings (SSSR count). The van der Waals surface area contributed by atoms with Crippen molar-refractivity contribution in [3.63, 3.8) is 0 Å². The van der Waals surface area contributed by atoms with Crippen LogP contribution in [0.1, 0.15) is 5.56 Å². The van der Waals surface area contributed by atoms with E-state index < -0.39 is 4.92 Å². The Bertz CT molecular complexity index is 651. The first-order valence-corrected chi connectivity index (χ1v) is 6.25. The molecule has 1 aromatic carbocycles. The van der Waals surface area contributed by atoms with Crippen LogP contribution in [0.15, 0.2) is 28.9 Å². The molecule has 98 valence electrons. The number of nitrogens with zero attached hydrogens (tertiary/aromatic N) is 3. The molecule has 0 unspecified atom stereocenters. The molecule has 0 saturated carbocycles. The summed E-state index contributed by atoms with van der Waals surface area (Å²) in [7, 11) is 0. The highest BCUT2D eigenvalue weighted by atomic mass is 79.9. The second kappa shape index (κ2) is 5.50. The third kappa shape index (κ3) is 3.18. The fourth-order valence-electron chi connectivity index (χ4n) is 1.33. The molecule has 0 atom stereocenters. The number of aromatic nitrogens is 2. The van der Waals surface area contributed by atoms with Crippen LogP contribution in [-0.2, 0) is 0 Å². The molecule has 1 heterocycles. The highest BCUT2D eigenvalue weighted by Gasteiger charge is 2.17. The number of benzene rings is 1. The van der Waals surface area contributed by atoms with Gasteiger partial charge < -0.3 is 4.74 Å². The lowest BCUT2D eigenvalue weighted by Gasteiger charge is -2.07. The van der Waals surface area contributed by atoms with Crippen LogP contribution in [0, 0.1) is 17.0 Å². The summed E-state index contributed by atoms with van der Waals surface area (Å²) in [5.41, 5.74) is 0.463. The normalized spacial score (nSPS) is 10.3. The summed E-state index contributed by atoms with van der Waals surface area (Å²) in [4.78, 5) is 18.1. The minimum absolute atomic E-state index is 0.0142. The molecule has 0 aliphatic heterocycles. The van der Waals surface area contributed by atoms with Crippen molar-refractivity contribution in [2.75, 3.05) is 0 Å². The van der Waals surface area contributed by atoms with Crippen molar-refractivity contribution in [2.45, 2.75) is 6.92 Å². The topological polar surface area (TPSA) is 78.2 Å². The van der Waals surface area contributed by atoms with E-state index >= 15 is 0 Å². The molecule has 0 amide bonds. The van der Waals surface area contributed by atoms with Gasteiger partial charge in [0.2, 0.25) is 16.9 Å². The van der Waals surface area contributed by atoms with Crippen LogP contribution in [0.4, 0.5) is 5.69 Å². The Labute approximate surface area is 121 Å². The Morgan fingerprint density at radius 2 is 2.21 bits per heavy atom. The molecular weight excluding hydrogens is 337 g/mol. The quantitative estimate of drug-likeness (QED) is 0.479. The standard InChI is InChI=1S/C11H7BrClN3O3/c1-6-5-14-11(13)15-10(6)19-9-3-2-7(12)4-8(9)16(17)18/h2-5H,1H3. The lowest BCUT2D eigenvalue weighted by Crippen LogP contribution is -1.97. The Morgan fingerprint density at radius 1 is 1.47 bits per heavy atom. The van der Waals surface area contributed by atoms with Crippen LogP contribution in [0.2, 0.25) is 5.28 Å². The van der Waals surface area contributed by atoms with Gasteiger partial charge in [0.1, 0.15) is 0 Å². The number of halogens is 2. The predicted octanol–water partition coefficient (Wildman–Crippen LogP) is 3.90. The number of aryl methyl sites for hydroxylation is 1. The van der Waals surface area contributed by atoms with Gasteiger partial charge in [-0.2, -0.15) is 4.98 Å². The van der Waals surface area contributed by atoms with Gasteiger partial charge in [-0.25, -0.2) is 4.98 Å². The van der Waals surface area contributed by atoms with E-state index in [1.807, 2.05) is 0 Å². The van der Waals surface area contributed by atoms with Crippen molar-refractivity contribution in [3.8, 4) is 11.6 Å². The van der Waals surface area contributed by atoms with Gasteiger partial charge in [0.15, 0.2) is 0 Å². The second-order valence-electron chi connectivity index (χ2n) is 3.60. The fourth-order valence-corrected chi connectivity index (χ4v) is 1.81. The first-order chi connectivity index (χ1) is 8.97. The molecule has 0 fully saturated rings. The van der Waals surface area contributed by atoms with E-state index in [1.54, 1.807) is 13.0 Å². The zero-order valence-corrected chi connectivity index (χ0v) is 12.0. The van der Waals surface area contributed by atoms with E-state index in [1.165, 1.54) is 18.3 Å². The zero-order chi connectivity index (χ0) is 14.0. The lowest BCUT2D eigenvalue weighted by molar-refractivity contribution is -0.385.